The minimum atomic E-state index is -0.0984. The zero-order chi connectivity index (χ0) is 17.6. The third kappa shape index (κ3) is 4.57. The number of methoxy groups -OCH3 is 2. The number of rotatable bonds is 5. The van der Waals surface area contributed by atoms with Gasteiger partial charge in [-0.3, -0.25) is 0 Å². The van der Waals surface area contributed by atoms with Gasteiger partial charge in [-0.05, 0) is 50.7 Å². The second-order valence-electron chi connectivity index (χ2n) is 6.77. The van der Waals surface area contributed by atoms with Gasteiger partial charge >= 0.3 is 6.03 Å². The molecule has 1 saturated heterocycles. The van der Waals surface area contributed by atoms with Crippen LogP contribution < -0.4 is 14.8 Å². The van der Waals surface area contributed by atoms with Crippen LogP contribution >= 0.6 is 0 Å². The van der Waals surface area contributed by atoms with E-state index in [4.69, 9.17) is 14.2 Å². The van der Waals surface area contributed by atoms with Crippen molar-refractivity contribution < 1.29 is 19.0 Å². The number of nitrogens with one attached hydrogen (secondary N) is 1. The number of urea groups is 1. The van der Waals surface area contributed by atoms with E-state index in [-0.39, 0.29) is 18.2 Å². The number of hydrogen-bond donors (Lipinski definition) is 1. The molecule has 0 radical (unpaired) electrons. The molecule has 1 atom stereocenters. The van der Waals surface area contributed by atoms with Gasteiger partial charge in [-0.1, -0.05) is 0 Å². The van der Waals surface area contributed by atoms with E-state index in [0.29, 0.717) is 18.0 Å². The van der Waals surface area contributed by atoms with Gasteiger partial charge in [0.1, 0.15) is 0 Å². The van der Waals surface area contributed by atoms with Crippen molar-refractivity contribution in [2.45, 2.75) is 50.7 Å². The lowest BCUT2D eigenvalue weighted by atomic mass is 10.1. The maximum atomic E-state index is 12.5. The van der Waals surface area contributed by atoms with Gasteiger partial charge in [0.2, 0.25) is 0 Å². The summed E-state index contributed by atoms with van der Waals surface area (Å²) in [5.74, 6) is 1.39. The van der Waals surface area contributed by atoms with Gasteiger partial charge in [0.25, 0.3) is 0 Å². The van der Waals surface area contributed by atoms with Crippen LogP contribution in [-0.2, 0) is 4.74 Å². The highest BCUT2D eigenvalue weighted by Gasteiger charge is 2.24. The fraction of sp³-hybridized carbons (Fsp3) is 0.632. The number of nitrogens with zero attached hydrogens (tertiary/aromatic N) is 1. The van der Waals surface area contributed by atoms with E-state index in [2.05, 4.69) is 5.32 Å². The molecular weight excluding hydrogens is 320 g/mol. The Morgan fingerprint density at radius 3 is 2.56 bits per heavy atom. The molecule has 6 nitrogen and oxygen atoms in total. The van der Waals surface area contributed by atoms with Gasteiger partial charge in [0.05, 0.1) is 19.3 Å². The summed E-state index contributed by atoms with van der Waals surface area (Å²) in [5, 5.41) is 2.97. The average Bonchev–Trinajstić information content (AvgIpc) is 3.15. The quantitative estimate of drug-likeness (QED) is 0.882. The van der Waals surface area contributed by atoms with Crippen molar-refractivity contribution in [1.82, 2.24) is 4.90 Å². The number of likely N-dealkylation sites (tertiary alicyclic amines) is 1. The lowest BCUT2D eigenvalue weighted by molar-refractivity contribution is 0.0458. The lowest BCUT2D eigenvalue weighted by Gasteiger charge is -2.32. The molecule has 25 heavy (non-hydrogen) atoms. The Morgan fingerprint density at radius 2 is 1.84 bits per heavy atom. The zero-order valence-corrected chi connectivity index (χ0v) is 15.1. The minimum Gasteiger partial charge on any atom is -0.493 e. The molecule has 1 aromatic rings. The maximum absolute atomic E-state index is 12.5. The minimum absolute atomic E-state index is 0.0984. The monoisotopic (exact) mass is 348 g/mol. The normalized spacial score (nSPS) is 21.2. The smallest absolute Gasteiger partial charge is 0.321 e. The van der Waals surface area contributed by atoms with Crippen LogP contribution in [0.25, 0.3) is 0 Å². The lowest BCUT2D eigenvalue weighted by Crippen LogP contribution is -2.44. The van der Waals surface area contributed by atoms with Crippen LogP contribution in [0.4, 0.5) is 10.5 Å². The molecule has 2 amide bonds. The standard InChI is InChI=1S/C19H28N2O4/c1-23-16-8-5-11-21(13-16)19(22)20-14-9-10-17(24-2)18(12-14)25-15-6-3-4-7-15/h9-10,12,15-16H,3-8,11,13H2,1-2H3,(H,20,22)/t16-/m0/s1. The number of carbonyl (C=O) groups excluding carboxylic acids is 1. The summed E-state index contributed by atoms with van der Waals surface area (Å²) in [6.07, 6.45) is 6.89. The molecule has 2 fully saturated rings. The predicted octanol–water partition coefficient (Wildman–Crippen LogP) is 3.66. The first kappa shape index (κ1) is 17.9. The van der Waals surface area contributed by atoms with Crippen LogP contribution in [0.15, 0.2) is 18.2 Å². The Hall–Kier alpha value is -1.95. The van der Waals surface area contributed by atoms with Crippen molar-refractivity contribution in [3.05, 3.63) is 18.2 Å². The fourth-order valence-corrected chi connectivity index (χ4v) is 3.55. The molecule has 0 bridgehead atoms. The molecule has 0 unspecified atom stereocenters. The summed E-state index contributed by atoms with van der Waals surface area (Å²) in [7, 11) is 3.33. The first-order valence-corrected chi connectivity index (χ1v) is 9.13. The highest BCUT2D eigenvalue weighted by Crippen LogP contribution is 2.34. The van der Waals surface area contributed by atoms with Crippen molar-refractivity contribution in [1.29, 1.82) is 0 Å². The van der Waals surface area contributed by atoms with Crippen LogP contribution in [0, 0.1) is 0 Å². The molecule has 1 aliphatic carbocycles. The summed E-state index contributed by atoms with van der Waals surface area (Å²) in [6, 6.07) is 5.44. The number of ether oxygens (including phenoxy) is 3. The Bertz CT molecular complexity index is 587. The van der Waals surface area contributed by atoms with Crippen LogP contribution in [0.3, 0.4) is 0 Å². The third-order valence-corrected chi connectivity index (χ3v) is 5.01. The number of hydrogen-bond acceptors (Lipinski definition) is 4. The number of benzene rings is 1. The van der Waals surface area contributed by atoms with Gasteiger partial charge in [0.15, 0.2) is 11.5 Å². The zero-order valence-electron chi connectivity index (χ0n) is 15.1. The summed E-state index contributed by atoms with van der Waals surface area (Å²) < 4.78 is 16.9. The van der Waals surface area contributed by atoms with E-state index in [1.165, 1.54) is 12.8 Å². The molecule has 6 heteroatoms. The van der Waals surface area contributed by atoms with Gasteiger partial charge in [0, 0.05) is 32.0 Å². The molecule has 3 rings (SSSR count). The molecule has 1 aliphatic heterocycles. The number of carbonyl (C=O) groups is 1. The van der Waals surface area contributed by atoms with E-state index >= 15 is 0 Å². The van der Waals surface area contributed by atoms with Crippen LogP contribution in [-0.4, -0.2) is 50.4 Å². The topological polar surface area (TPSA) is 60.0 Å². The SMILES string of the molecule is COc1ccc(NC(=O)N2CCC[C@H](OC)C2)cc1OC1CCCC1. The van der Waals surface area contributed by atoms with Crippen molar-refractivity contribution in [3.63, 3.8) is 0 Å². The van der Waals surface area contributed by atoms with E-state index < -0.39 is 0 Å². The summed E-state index contributed by atoms with van der Waals surface area (Å²) in [5.41, 5.74) is 0.721. The summed E-state index contributed by atoms with van der Waals surface area (Å²) in [6.45, 7) is 1.39. The average molecular weight is 348 g/mol. The number of anilines is 1. The maximum Gasteiger partial charge on any atom is 0.321 e. The molecule has 2 aliphatic rings. The second-order valence-corrected chi connectivity index (χ2v) is 6.77. The van der Waals surface area contributed by atoms with Gasteiger partial charge in [-0.2, -0.15) is 0 Å². The highest BCUT2D eigenvalue weighted by molar-refractivity contribution is 5.89. The molecule has 0 aromatic heterocycles. The molecule has 0 spiro atoms. The Balaban J connectivity index is 1.66. The van der Waals surface area contributed by atoms with Crippen molar-refractivity contribution in [3.8, 4) is 11.5 Å². The van der Waals surface area contributed by atoms with E-state index in [9.17, 15) is 4.79 Å². The van der Waals surface area contributed by atoms with Gasteiger partial charge < -0.3 is 24.4 Å². The molecule has 138 valence electrons. The molecule has 1 heterocycles. The second kappa shape index (κ2) is 8.43. The van der Waals surface area contributed by atoms with Crippen molar-refractivity contribution >= 4 is 11.7 Å². The molecule has 1 saturated carbocycles. The third-order valence-electron chi connectivity index (χ3n) is 5.01. The van der Waals surface area contributed by atoms with E-state index in [1.54, 1.807) is 19.1 Å². The van der Waals surface area contributed by atoms with Gasteiger partial charge in [-0.15, -0.1) is 0 Å². The predicted molar refractivity (Wildman–Crippen MR) is 96.5 cm³/mol. The first-order valence-electron chi connectivity index (χ1n) is 9.13. The fourth-order valence-electron chi connectivity index (χ4n) is 3.55. The largest absolute Gasteiger partial charge is 0.493 e. The first-order chi connectivity index (χ1) is 12.2. The highest BCUT2D eigenvalue weighted by atomic mass is 16.5. The van der Waals surface area contributed by atoms with E-state index in [0.717, 1.165) is 37.9 Å². The Kier molecular flexibility index (Phi) is 6.02. The summed E-state index contributed by atoms with van der Waals surface area (Å²) in [4.78, 5) is 14.3. The molecular formula is C19H28N2O4. The Morgan fingerprint density at radius 1 is 1.08 bits per heavy atom. The number of amides is 2. The van der Waals surface area contributed by atoms with Crippen LogP contribution in [0.2, 0.25) is 0 Å². The summed E-state index contributed by atoms with van der Waals surface area (Å²) >= 11 is 0. The molecule has 1 N–H and O–H groups in total. The number of piperidine rings is 1. The van der Waals surface area contributed by atoms with Crippen molar-refractivity contribution in [2.24, 2.45) is 0 Å². The molecule has 1 aromatic carbocycles. The van der Waals surface area contributed by atoms with Crippen molar-refractivity contribution in [2.75, 3.05) is 32.6 Å². The van der Waals surface area contributed by atoms with Gasteiger partial charge in [-0.25, -0.2) is 4.79 Å². The van der Waals surface area contributed by atoms with Crippen LogP contribution in [0.5, 0.6) is 11.5 Å². The van der Waals surface area contributed by atoms with Crippen LogP contribution in [0.1, 0.15) is 38.5 Å². The Labute approximate surface area is 149 Å². The van der Waals surface area contributed by atoms with E-state index in [1.807, 2.05) is 18.2 Å².